The average molecular weight is 315 g/mol. The molecule has 1 amide bonds. The van der Waals surface area contributed by atoms with Gasteiger partial charge in [-0.25, -0.2) is 0 Å². The Labute approximate surface area is 137 Å². The van der Waals surface area contributed by atoms with Gasteiger partial charge in [-0.2, -0.15) is 0 Å². The van der Waals surface area contributed by atoms with Gasteiger partial charge in [-0.05, 0) is 36.2 Å². The number of nitrogens with zero attached hydrogens (tertiary/aromatic N) is 1. The molecular formula is C19H25NO3. The molecule has 2 fully saturated rings. The van der Waals surface area contributed by atoms with E-state index in [2.05, 4.69) is 24.3 Å². The average Bonchev–Trinajstić information content (AvgIpc) is 3.11. The van der Waals surface area contributed by atoms with Crippen LogP contribution in [0.15, 0.2) is 30.3 Å². The van der Waals surface area contributed by atoms with Gasteiger partial charge >= 0.3 is 5.97 Å². The van der Waals surface area contributed by atoms with Crippen molar-refractivity contribution >= 4 is 11.9 Å². The van der Waals surface area contributed by atoms with E-state index >= 15 is 0 Å². The Morgan fingerprint density at radius 3 is 2.26 bits per heavy atom. The molecule has 2 aliphatic rings. The van der Waals surface area contributed by atoms with Crippen molar-refractivity contribution in [3.63, 3.8) is 0 Å². The third kappa shape index (κ3) is 3.12. The zero-order valence-electron chi connectivity index (χ0n) is 13.9. The van der Waals surface area contributed by atoms with Crippen LogP contribution in [0.2, 0.25) is 0 Å². The fourth-order valence-corrected chi connectivity index (χ4v) is 4.06. The fourth-order valence-electron chi connectivity index (χ4n) is 4.06. The van der Waals surface area contributed by atoms with Gasteiger partial charge in [0.05, 0.1) is 11.8 Å². The molecule has 1 saturated carbocycles. The monoisotopic (exact) mass is 315 g/mol. The second-order valence-corrected chi connectivity index (χ2v) is 7.57. The summed E-state index contributed by atoms with van der Waals surface area (Å²) >= 11 is 0. The molecule has 4 heteroatoms. The number of likely N-dealkylation sites (tertiary alicyclic amines) is 1. The summed E-state index contributed by atoms with van der Waals surface area (Å²) in [6.45, 7) is 5.29. The van der Waals surface area contributed by atoms with E-state index in [4.69, 9.17) is 0 Å². The first kappa shape index (κ1) is 16.0. The number of aliphatic carboxylic acids is 1. The summed E-state index contributed by atoms with van der Waals surface area (Å²) in [4.78, 5) is 25.8. The predicted octanol–water partition coefficient (Wildman–Crippen LogP) is 2.82. The van der Waals surface area contributed by atoms with E-state index in [1.165, 1.54) is 5.56 Å². The van der Waals surface area contributed by atoms with E-state index in [-0.39, 0.29) is 11.8 Å². The molecule has 0 radical (unpaired) electrons. The molecule has 0 spiro atoms. The van der Waals surface area contributed by atoms with Gasteiger partial charge in [-0.3, -0.25) is 9.59 Å². The number of amides is 1. The maximum atomic E-state index is 12.6. The fraction of sp³-hybridized carbons (Fsp3) is 0.579. The minimum absolute atomic E-state index is 0.0422. The number of benzene rings is 1. The Morgan fingerprint density at radius 2 is 1.74 bits per heavy atom. The molecule has 0 unspecified atom stereocenters. The quantitative estimate of drug-likeness (QED) is 0.929. The minimum atomic E-state index is -0.840. The van der Waals surface area contributed by atoms with Gasteiger partial charge < -0.3 is 10.0 Å². The molecule has 0 bridgehead atoms. The molecule has 3 rings (SSSR count). The highest BCUT2D eigenvalue weighted by molar-refractivity contribution is 5.91. The van der Waals surface area contributed by atoms with Crippen molar-refractivity contribution in [2.75, 3.05) is 13.1 Å². The van der Waals surface area contributed by atoms with E-state index < -0.39 is 17.3 Å². The van der Waals surface area contributed by atoms with Crippen molar-refractivity contribution in [3.8, 4) is 0 Å². The van der Waals surface area contributed by atoms with Gasteiger partial charge in [0.25, 0.3) is 0 Å². The second-order valence-electron chi connectivity index (χ2n) is 7.57. The summed E-state index contributed by atoms with van der Waals surface area (Å²) in [5.74, 6) is -1.04. The summed E-state index contributed by atoms with van der Waals surface area (Å²) in [5, 5.41) is 9.24. The van der Waals surface area contributed by atoms with Crippen LogP contribution in [0.4, 0.5) is 0 Å². The molecule has 1 aliphatic carbocycles. The van der Waals surface area contributed by atoms with Crippen molar-refractivity contribution in [1.29, 1.82) is 0 Å². The Hall–Kier alpha value is -1.84. The van der Waals surface area contributed by atoms with Gasteiger partial charge in [-0.1, -0.05) is 44.2 Å². The largest absolute Gasteiger partial charge is 0.481 e. The molecule has 1 aromatic carbocycles. The van der Waals surface area contributed by atoms with Gasteiger partial charge in [0.15, 0.2) is 0 Å². The van der Waals surface area contributed by atoms with Crippen molar-refractivity contribution in [2.45, 2.75) is 33.1 Å². The zero-order valence-corrected chi connectivity index (χ0v) is 13.9. The highest BCUT2D eigenvalue weighted by Crippen LogP contribution is 2.59. The lowest BCUT2D eigenvalue weighted by Crippen LogP contribution is -2.40. The normalized spacial score (nSPS) is 26.8. The van der Waals surface area contributed by atoms with Gasteiger partial charge in [0.2, 0.25) is 5.91 Å². The van der Waals surface area contributed by atoms with E-state index in [0.29, 0.717) is 5.92 Å². The van der Waals surface area contributed by atoms with E-state index in [0.717, 1.165) is 32.4 Å². The highest BCUT2D eigenvalue weighted by atomic mass is 16.4. The van der Waals surface area contributed by atoms with Crippen LogP contribution in [0.25, 0.3) is 0 Å². The number of carboxylic acids is 1. The maximum absolute atomic E-state index is 12.6. The molecule has 1 saturated heterocycles. The van der Waals surface area contributed by atoms with Crippen LogP contribution in [0, 0.1) is 23.2 Å². The predicted molar refractivity (Wildman–Crippen MR) is 87.8 cm³/mol. The number of carbonyl (C=O) groups is 2. The van der Waals surface area contributed by atoms with Crippen molar-refractivity contribution in [3.05, 3.63) is 35.9 Å². The third-order valence-electron chi connectivity index (χ3n) is 5.65. The van der Waals surface area contributed by atoms with Crippen molar-refractivity contribution in [1.82, 2.24) is 4.90 Å². The van der Waals surface area contributed by atoms with Crippen LogP contribution in [0.5, 0.6) is 0 Å². The lowest BCUT2D eigenvalue weighted by molar-refractivity contribution is -0.142. The topological polar surface area (TPSA) is 57.6 Å². The van der Waals surface area contributed by atoms with Gasteiger partial charge in [0.1, 0.15) is 0 Å². The maximum Gasteiger partial charge on any atom is 0.307 e. The second kappa shape index (κ2) is 5.99. The minimum Gasteiger partial charge on any atom is -0.481 e. The van der Waals surface area contributed by atoms with Crippen molar-refractivity contribution in [2.24, 2.45) is 23.2 Å². The molecule has 124 valence electrons. The van der Waals surface area contributed by atoms with Crippen LogP contribution in [-0.4, -0.2) is 35.0 Å². The number of hydrogen-bond acceptors (Lipinski definition) is 2. The Kier molecular flexibility index (Phi) is 4.17. The van der Waals surface area contributed by atoms with Crippen LogP contribution in [0.3, 0.4) is 0 Å². The molecule has 1 aromatic rings. The van der Waals surface area contributed by atoms with Gasteiger partial charge in [0, 0.05) is 13.1 Å². The standard InChI is InChI=1S/C19H25NO3/c1-19(2)15(16(19)18(22)23)17(21)20-10-8-14(9-11-20)12-13-6-4-3-5-7-13/h3-7,14-16H,8-12H2,1-2H3,(H,22,23)/t15-,16+/m0/s1. The van der Waals surface area contributed by atoms with Crippen LogP contribution in [0.1, 0.15) is 32.3 Å². The molecule has 2 atom stereocenters. The molecule has 0 aromatic heterocycles. The van der Waals surface area contributed by atoms with Crippen molar-refractivity contribution < 1.29 is 14.7 Å². The number of rotatable bonds is 4. The Bertz CT molecular complexity index is 588. The smallest absolute Gasteiger partial charge is 0.307 e. The van der Waals surface area contributed by atoms with Crippen LogP contribution >= 0.6 is 0 Å². The molecule has 23 heavy (non-hydrogen) atoms. The number of carboxylic acid groups (broad SMARTS) is 1. The summed E-state index contributed by atoms with van der Waals surface area (Å²) in [6, 6.07) is 10.5. The number of carbonyl (C=O) groups excluding carboxylic acids is 1. The first-order valence-electron chi connectivity index (χ1n) is 8.46. The number of hydrogen-bond donors (Lipinski definition) is 1. The summed E-state index contributed by atoms with van der Waals surface area (Å²) in [7, 11) is 0. The van der Waals surface area contributed by atoms with E-state index in [1.807, 2.05) is 24.8 Å². The first-order valence-corrected chi connectivity index (χ1v) is 8.46. The van der Waals surface area contributed by atoms with Crippen LogP contribution < -0.4 is 0 Å². The Morgan fingerprint density at radius 1 is 1.13 bits per heavy atom. The third-order valence-corrected chi connectivity index (χ3v) is 5.65. The Balaban J connectivity index is 1.53. The summed E-state index contributed by atoms with van der Waals surface area (Å²) in [5.41, 5.74) is 0.954. The van der Waals surface area contributed by atoms with E-state index in [1.54, 1.807) is 0 Å². The summed E-state index contributed by atoms with van der Waals surface area (Å²) < 4.78 is 0. The summed E-state index contributed by atoms with van der Waals surface area (Å²) in [6.07, 6.45) is 3.08. The molecule has 1 heterocycles. The number of piperidine rings is 1. The SMILES string of the molecule is CC1(C)[C@H](C(=O)N2CCC(Cc3ccccc3)CC2)[C@@H]1C(=O)O. The lowest BCUT2D eigenvalue weighted by Gasteiger charge is -2.32. The van der Waals surface area contributed by atoms with Crippen LogP contribution in [-0.2, 0) is 16.0 Å². The zero-order chi connectivity index (χ0) is 16.6. The van der Waals surface area contributed by atoms with Gasteiger partial charge in [-0.15, -0.1) is 0 Å². The first-order chi connectivity index (χ1) is 10.9. The molecule has 1 N–H and O–H groups in total. The highest BCUT2D eigenvalue weighted by Gasteiger charge is 2.66. The lowest BCUT2D eigenvalue weighted by atomic mass is 9.90. The van der Waals surface area contributed by atoms with E-state index in [9.17, 15) is 14.7 Å². The molecule has 4 nitrogen and oxygen atoms in total. The molecule has 1 aliphatic heterocycles. The molecular weight excluding hydrogens is 290 g/mol.